The standard InChI is InChI=1S/C16H21NO3/c1-5-11-7-6-8-12-10-19-13(14(11)12)9-17-15(18)20-16(2,3)4/h5-8,13H,1,9-10H2,2-4H3,(H,17,18). The van der Waals surface area contributed by atoms with E-state index in [4.69, 9.17) is 9.47 Å². The fourth-order valence-electron chi connectivity index (χ4n) is 2.25. The molecule has 1 amide bonds. The number of nitrogens with one attached hydrogen (secondary N) is 1. The summed E-state index contributed by atoms with van der Waals surface area (Å²) in [6.07, 6.45) is 1.24. The van der Waals surface area contributed by atoms with Gasteiger partial charge in [-0.1, -0.05) is 30.9 Å². The minimum Gasteiger partial charge on any atom is -0.444 e. The molecule has 20 heavy (non-hydrogen) atoms. The highest BCUT2D eigenvalue weighted by molar-refractivity contribution is 5.68. The summed E-state index contributed by atoms with van der Waals surface area (Å²) in [6, 6.07) is 6.03. The van der Waals surface area contributed by atoms with E-state index < -0.39 is 11.7 Å². The van der Waals surface area contributed by atoms with Crippen molar-refractivity contribution in [3.8, 4) is 0 Å². The van der Waals surface area contributed by atoms with E-state index in [9.17, 15) is 4.79 Å². The number of fused-ring (bicyclic) bond motifs is 1. The molecule has 1 aliphatic heterocycles. The van der Waals surface area contributed by atoms with E-state index in [1.807, 2.05) is 45.0 Å². The van der Waals surface area contributed by atoms with Crippen LogP contribution >= 0.6 is 0 Å². The van der Waals surface area contributed by atoms with Crippen molar-refractivity contribution in [3.05, 3.63) is 41.5 Å². The molecule has 1 N–H and O–H groups in total. The van der Waals surface area contributed by atoms with Crippen molar-refractivity contribution in [2.45, 2.75) is 39.1 Å². The largest absolute Gasteiger partial charge is 0.444 e. The van der Waals surface area contributed by atoms with Crippen LogP contribution < -0.4 is 5.32 Å². The van der Waals surface area contributed by atoms with Gasteiger partial charge in [0.15, 0.2) is 0 Å². The lowest BCUT2D eigenvalue weighted by molar-refractivity contribution is 0.0394. The van der Waals surface area contributed by atoms with E-state index in [1.165, 1.54) is 0 Å². The summed E-state index contributed by atoms with van der Waals surface area (Å²) in [5.74, 6) is 0. The normalized spacial score (nSPS) is 17.4. The quantitative estimate of drug-likeness (QED) is 0.919. The molecule has 0 saturated heterocycles. The third-order valence-corrected chi connectivity index (χ3v) is 3.04. The lowest BCUT2D eigenvalue weighted by Crippen LogP contribution is -2.34. The lowest BCUT2D eigenvalue weighted by atomic mass is 9.99. The smallest absolute Gasteiger partial charge is 0.407 e. The molecule has 4 nitrogen and oxygen atoms in total. The zero-order chi connectivity index (χ0) is 14.8. The van der Waals surface area contributed by atoms with Crippen molar-refractivity contribution in [3.63, 3.8) is 0 Å². The summed E-state index contributed by atoms with van der Waals surface area (Å²) in [7, 11) is 0. The second-order valence-corrected chi connectivity index (χ2v) is 5.81. The van der Waals surface area contributed by atoms with Crippen molar-refractivity contribution >= 4 is 12.2 Å². The molecule has 1 aliphatic rings. The van der Waals surface area contributed by atoms with E-state index in [2.05, 4.69) is 11.9 Å². The Morgan fingerprint density at radius 1 is 1.55 bits per heavy atom. The number of ether oxygens (including phenoxy) is 2. The van der Waals surface area contributed by atoms with Gasteiger partial charge in [0.2, 0.25) is 0 Å². The molecule has 0 saturated carbocycles. The molecule has 1 atom stereocenters. The van der Waals surface area contributed by atoms with Crippen LogP contribution in [0.25, 0.3) is 6.08 Å². The minimum absolute atomic E-state index is 0.147. The summed E-state index contributed by atoms with van der Waals surface area (Å²) >= 11 is 0. The number of carbonyl (C=O) groups is 1. The van der Waals surface area contributed by atoms with Gasteiger partial charge in [-0.15, -0.1) is 0 Å². The Morgan fingerprint density at radius 3 is 2.95 bits per heavy atom. The monoisotopic (exact) mass is 275 g/mol. The molecule has 0 spiro atoms. The average molecular weight is 275 g/mol. The highest BCUT2D eigenvalue weighted by atomic mass is 16.6. The van der Waals surface area contributed by atoms with E-state index in [-0.39, 0.29) is 6.10 Å². The Kier molecular flexibility index (Phi) is 4.14. The third-order valence-electron chi connectivity index (χ3n) is 3.04. The number of rotatable bonds is 3. The first-order chi connectivity index (χ1) is 9.40. The molecule has 1 unspecified atom stereocenters. The molecule has 1 heterocycles. The molecule has 108 valence electrons. The van der Waals surface area contributed by atoms with Crippen LogP contribution in [0.4, 0.5) is 4.79 Å². The average Bonchev–Trinajstić information content (AvgIpc) is 2.77. The van der Waals surface area contributed by atoms with Gasteiger partial charge in [0.05, 0.1) is 13.2 Å². The van der Waals surface area contributed by atoms with Crippen molar-refractivity contribution in [2.24, 2.45) is 0 Å². The van der Waals surface area contributed by atoms with Crippen LogP contribution in [0.1, 0.15) is 43.6 Å². The van der Waals surface area contributed by atoms with Gasteiger partial charge in [-0.2, -0.15) is 0 Å². The van der Waals surface area contributed by atoms with Crippen LogP contribution in [0.15, 0.2) is 24.8 Å². The number of hydrogen-bond acceptors (Lipinski definition) is 3. The van der Waals surface area contributed by atoms with Crippen LogP contribution in [-0.2, 0) is 16.1 Å². The summed E-state index contributed by atoms with van der Waals surface area (Å²) in [5.41, 5.74) is 2.82. The molecular weight excluding hydrogens is 254 g/mol. The number of hydrogen-bond donors (Lipinski definition) is 1. The second kappa shape index (κ2) is 5.67. The van der Waals surface area contributed by atoms with Gasteiger partial charge in [-0.25, -0.2) is 4.79 Å². The highest BCUT2D eigenvalue weighted by Gasteiger charge is 2.26. The van der Waals surface area contributed by atoms with E-state index in [1.54, 1.807) is 0 Å². The Hall–Kier alpha value is -1.81. The number of benzene rings is 1. The fraction of sp³-hybridized carbons (Fsp3) is 0.438. The van der Waals surface area contributed by atoms with Crippen LogP contribution in [-0.4, -0.2) is 18.2 Å². The predicted molar refractivity (Wildman–Crippen MR) is 78.3 cm³/mol. The van der Waals surface area contributed by atoms with E-state index >= 15 is 0 Å². The van der Waals surface area contributed by atoms with Crippen molar-refractivity contribution < 1.29 is 14.3 Å². The van der Waals surface area contributed by atoms with Gasteiger partial charge in [0.1, 0.15) is 11.7 Å². The zero-order valence-corrected chi connectivity index (χ0v) is 12.2. The summed E-state index contributed by atoms with van der Waals surface area (Å²) in [4.78, 5) is 11.7. The molecule has 0 fully saturated rings. The van der Waals surface area contributed by atoms with Crippen LogP contribution in [0.2, 0.25) is 0 Å². The zero-order valence-electron chi connectivity index (χ0n) is 12.2. The minimum atomic E-state index is -0.495. The van der Waals surface area contributed by atoms with E-state index in [0.29, 0.717) is 13.2 Å². The Morgan fingerprint density at radius 2 is 2.30 bits per heavy atom. The number of carbonyl (C=O) groups excluding carboxylic acids is 1. The second-order valence-electron chi connectivity index (χ2n) is 5.81. The topological polar surface area (TPSA) is 47.6 Å². The first-order valence-electron chi connectivity index (χ1n) is 6.73. The molecule has 0 bridgehead atoms. The maximum absolute atomic E-state index is 11.7. The lowest BCUT2D eigenvalue weighted by Gasteiger charge is -2.21. The number of alkyl carbamates (subject to hydrolysis) is 1. The maximum atomic E-state index is 11.7. The van der Waals surface area contributed by atoms with Gasteiger partial charge >= 0.3 is 6.09 Å². The molecular formula is C16H21NO3. The van der Waals surface area contributed by atoms with Gasteiger partial charge in [0, 0.05) is 0 Å². The molecule has 0 aliphatic carbocycles. The molecule has 1 aromatic rings. The van der Waals surface area contributed by atoms with Gasteiger partial charge in [-0.3, -0.25) is 0 Å². The Labute approximate surface area is 119 Å². The predicted octanol–water partition coefficient (Wildman–Crippen LogP) is 3.43. The molecule has 4 heteroatoms. The highest BCUT2D eigenvalue weighted by Crippen LogP contribution is 2.33. The van der Waals surface area contributed by atoms with E-state index in [0.717, 1.165) is 16.7 Å². The molecule has 1 aromatic carbocycles. The number of amides is 1. The first kappa shape index (κ1) is 14.6. The SMILES string of the molecule is C=Cc1cccc2c1C(CNC(=O)OC(C)(C)C)OC2. The maximum Gasteiger partial charge on any atom is 0.407 e. The van der Waals surface area contributed by atoms with Crippen LogP contribution in [0, 0.1) is 0 Å². The van der Waals surface area contributed by atoms with Crippen molar-refractivity contribution in [1.29, 1.82) is 0 Å². The van der Waals surface area contributed by atoms with Crippen LogP contribution in [0.3, 0.4) is 0 Å². The summed E-state index contributed by atoms with van der Waals surface area (Å²) in [5, 5.41) is 2.75. The molecule has 0 aromatic heterocycles. The van der Waals surface area contributed by atoms with Crippen molar-refractivity contribution in [2.75, 3.05) is 6.54 Å². The first-order valence-corrected chi connectivity index (χ1v) is 6.73. The van der Waals surface area contributed by atoms with Gasteiger partial charge in [0.25, 0.3) is 0 Å². The Bertz CT molecular complexity index is 517. The van der Waals surface area contributed by atoms with Crippen LogP contribution in [0.5, 0.6) is 0 Å². The fourth-order valence-corrected chi connectivity index (χ4v) is 2.25. The third kappa shape index (κ3) is 3.39. The summed E-state index contributed by atoms with van der Waals surface area (Å²) in [6.45, 7) is 10.3. The van der Waals surface area contributed by atoms with Crippen molar-refractivity contribution in [1.82, 2.24) is 5.32 Å². The summed E-state index contributed by atoms with van der Waals surface area (Å²) < 4.78 is 10.9. The van der Waals surface area contributed by atoms with Gasteiger partial charge < -0.3 is 14.8 Å². The Balaban J connectivity index is 2.01. The molecule has 2 rings (SSSR count). The molecule has 0 radical (unpaired) electrons. The van der Waals surface area contributed by atoms with Gasteiger partial charge in [-0.05, 0) is 37.5 Å².